The van der Waals surface area contributed by atoms with Crippen LogP contribution in [-0.2, 0) is 9.47 Å². The quantitative estimate of drug-likeness (QED) is 0.760. The summed E-state index contributed by atoms with van der Waals surface area (Å²) >= 11 is 0. The molecular weight excluding hydrogens is 232 g/mol. The highest BCUT2D eigenvalue weighted by atomic mass is 16.6. The van der Waals surface area contributed by atoms with Crippen LogP contribution in [0.3, 0.4) is 0 Å². The van der Waals surface area contributed by atoms with Gasteiger partial charge in [0.05, 0.1) is 0 Å². The second kappa shape index (κ2) is 6.54. The Bertz CT molecular complexity index is 326. The van der Waals surface area contributed by atoms with E-state index in [0.717, 1.165) is 12.8 Å². The Morgan fingerprint density at radius 3 is 2.56 bits per heavy atom. The number of rotatable bonds is 3. The van der Waals surface area contributed by atoms with Crippen LogP contribution in [0.5, 0.6) is 0 Å². The van der Waals surface area contributed by atoms with Crippen molar-refractivity contribution in [3.8, 4) is 0 Å². The minimum atomic E-state index is -0.508. The number of allylic oxidation sites excluding steroid dienone is 1. The van der Waals surface area contributed by atoms with Gasteiger partial charge in [0.2, 0.25) is 0 Å². The van der Waals surface area contributed by atoms with Crippen molar-refractivity contribution in [2.45, 2.75) is 39.2 Å². The summed E-state index contributed by atoms with van der Waals surface area (Å²) in [6.45, 7) is 6.84. The Balaban J connectivity index is 2.31. The van der Waals surface area contributed by atoms with Crippen LogP contribution in [0.4, 0.5) is 4.79 Å². The standard InChI is InChI=1S/C13H22N2O3/c1-13(2,3)18-12(16)15-7-4-11(14)10-5-8-17-9-6-10/h4,7,10,14H,5-6,8-9H2,1-3H3,(H,15,16)/b7-4-,14-11?. The molecule has 0 atom stereocenters. The largest absolute Gasteiger partial charge is 0.444 e. The van der Waals surface area contributed by atoms with Gasteiger partial charge in [-0.3, -0.25) is 5.32 Å². The zero-order valence-electron chi connectivity index (χ0n) is 11.3. The van der Waals surface area contributed by atoms with Crippen LogP contribution in [0.25, 0.3) is 0 Å². The van der Waals surface area contributed by atoms with Crippen LogP contribution in [-0.4, -0.2) is 30.6 Å². The van der Waals surface area contributed by atoms with Crippen molar-refractivity contribution in [2.75, 3.05) is 13.2 Å². The first-order valence-corrected chi connectivity index (χ1v) is 6.21. The van der Waals surface area contributed by atoms with Crippen molar-refractivity contribution in [2.24, 2.45) is 5.92 Å². The Morgan fingerprint density at radius 1 is 1.39 bits per heavy atom. The van der Waals surface area contributed by atoms with E-state index in [1.807, 2.05) is 0 Å². The molecule has 0 radical (unpaired) electrons. The van der Waals surface area contributed by atoms with Gasteiger partial charge in [-0.15, -0.1) is 0 Å². The molecule has 1 fully saturated rings. The molecule has 5 heteroatoms. The number of ether oxygens (including phenoxy) is 2. The molecule has 18 heavy (non-hydrogen) atoms. The van der Waals surface area contributed by atoms with Crippen molar-refractivity contribution in [3.63, 3.8) is 0 Å². The number of amides is 1. The molecule has 0 aromatic rings. The SMILES string of the molecule is CC(C)(C)OC(=O)N/C=C\C(=N)C1CCOCC1. The molecule has 0 bridgehead atoms. The lowest BCUT2D eigenvalue weighted by molar-refractivity contribution is 0.0552. The third-order valence-electron chi connectivity index (χ3n) is 2.52. The van der Waals surface area contributed by atoms with Crippen molar-refractivity contribution in [3.05, 3.63) is 12.3 Å². The molecule has 2 N–H and O–H groups in total. The van der Waals surface area contributed by atoms with Gasteiger partial charge in [0.25, 0.3) is 0 Å². The van der Waals surface area contributed by atoms with Crippen molar-refractivity contribution in [1.82, 2.24) is 5.32 Å². The normalized spacial score (nSPS) is 17.7. The van der Waals surface area contributed by atoms with E-state index in [1.165, 1.54) is 6.20 Å². The van der Waals surface area contributed by atoms with Gasteiger partial charge in [-0.1, -0.05) is 0 Å². The van der Waals surface area contributed by atoms with Gasteiger partial charge in [-0.2, -0.15) is 0 Å². The minimum Gasteiger partial charge on any atom is -0.444 e. The molecule has 0 aliphatic carbocycles. The Labute approximate surface area is 108 Å². The van der Waals surface area contributed by atoms with Gasteiger partial charge in [-0.25, -0.2) is 4.79 Å². The highest BCUT2D eigenvalue weighted by molar-refractivity contribution is 5.94. The number of hydrogen-bond acceptors (Lipinski definition) is 4. The average molecular weight is 254 g/mol. The molecule has 0 spiro atoms. The monoisotopic (exact) mass is 254 g/mol. The van der Waals surface area contributed by atoms with E-state index >= 15 is 0 Å². The van der Waals surface area contributed by atoms with E-state index in [2.05, 4.69) is 5.32 Å². The number of nitrogens with one attached hydrogen (secondary N) is 2. The topological polar surface area (TPSA) is 71.4 Å². The fourth-order valence-corrected chi connectivity index (χ4v) is 1.65. The predicted molar refractivity (Wildman–Crippen MR) is 69.8 cm³/mol. The summed E-state index contributed by atoms with van der Waals surface area (Å²) in [5, 5.41) is 10.4. The molecular formula is C13H22N2O3. The highest BCUT2D eigenvalue weighted by Gasteiger charge is 2.17. The third kappa shape index (κ3) is 5.82. The summed E-state index contributed by atoms with van der Waals surface area (Å²) in [5.74, 6) is 0.232. The van der Waals surface area contributed by atoms with E-state index in [4.69, 9.17) is 14.9 Å². The zero-order chi connectivity index (χ0) is 13.6. The molecule has 0 saturated carbocycles. The molecule has 1 amide bonds. The zero-order valence-corrected chi connectivity index (χ0v) is 11.3. The first-order chi connectivity index (χ1) is 8.38. The van der Waals surface area contributed by atoms with E-state index in [0.29, 0.717) is 18.9 Å². The summed E-state index contributed by atoms with van der Waals surface area (Å²) < 4.78 is 10.3. The molecule has 1 rings (SSSR count). The lowest BCUT2D eigenvalue weighted by Gasteiger charge is -2.21. The number of carbonyl (C=O) groups is 1. The van der Waals surface area contributed by atoms with Crippen LogP contribution < -0.4 is 5.32 Å². The first-order valence-electron chi connectivity index (χ1n) is 6.21. The van der Waals surface area contributed by atoms with Crippen molar-refractivity contribution in [1.29, 1.82) is 5.41 Å². The molecule has 0 aromatic heterocycles. The first kappa shape index (κ1) is 14.7. The van der Waals surface area contributed by atoms with Crippen molar-refractivity contribution < 1.29 is 14.3 Å². The van der Waals surface area contributed by atoms with Gasteiger partial charge in [-0.05, 0) is 39.7 Å². The van der Waals surface area contributed by atoms with Crippen molar-refractivity contribution >= 4 is 11.8 Å². The predicted octanol–water partition coefficient (Wildman–Crippen LogP) is 2.47. The Hall–Kier alpha value is -1.36. The van der Waals surface area contributed by atoms with Gasteiger partial charge in [0, 0.05) is 31.0 Å². The van der Waals surface area contributed by atoms with E-state index < -0.39 is 11.7 Å². The minimum absolute atomic E-state index is 0.232. The fraction of sp³-hybridized carbons (Fsp3) is 0.692. The number of hydrogen-bond donors (Lipinski definition) is 2. The maximum atomic E-state index is 11.3. The molecule has 5 nitrogen and oxygen atoms in total. The Kier molecular flexibility index (Phi) is 5.34. The van der Waals surface area contributed by atoms with Gasteiger partial charge in [0.15, 0.2) is 0 Å². The lowest BCUT2D eigenvalue weighted by Crippen LogP contribution is -2.30. The van der Waals surface area contributed by atoms with Gasteiger partial charge >= 0.3 is 6.09 Å². The van der Waals surface area contributed by atoms with Crippen LogP contribution in [0.2, 0.25) is 0 Å². The highest BCUT2D eigenvalue weighted by Crippen LogP contribution is 2.16. The smallest absolute Gasteiger partial charge is 0.411 e. The number of carbonyl (C=O) groups excluding carboxylic acids is 1. The maximum absolute atomic E-state index is 11.3. The fourth-order valence-electron chi connectivity index (χ4n) is 1.65. The summed E-state index contributed by atoms with van der Waals surface area (Å²) in [6.07, 6.45) is 4.32. The van der Waals surface area contributed by atoms with Gasteiger partial charge < -0.3 is 14.9 Å². The maximum Gasteiger partial charge on any atom is 0.411 e. The molecule has 1 aliphatic heterocycles. The molecule has 0 aromatic carbocycles. The second-order valence-electron chi connectivity index (χ2n) is 5.32. The average Bonchev–Trinajstić information content (AvgIpc) is 2.27. The van der Waals surface area contributed by atoms with Crippen LogP contribution in [0.1, 0.15) is 33.6 Å². The summed E-state index contributed by atoms with van der Waals surface area (Å²) in [7, 11) is 0. The molecule has 1 heterocycles. The number of alkyl carbamates (subject to hydrolysis) is 1. The van der Waals surface area contributed by atoms with Gasteiger partial charge in [0.1, 0.15) is 5.60 Å². The second-order valence-corrected chi connectivity index (χ2v) is 5.32. The van der Waals surface area contributed by atoms with Crippen LogP contribution in [0.15, 0.2) is 12.3 Å². The lowest BCUT2D eigenvalue weighted by atomic mass is 9.95. The molecule has 0 unspecified atom stereocenters. The van der Waals surface area contributed by atoms with E-state index in [1.54, 1.807) is 26.8 Å². The summed E-state index contributed by atoms with van der Waals surface area (Å²) in [6, 6.07) is 0. The molecule has 1 saturated heterocycles. The Morgan fingerprint density at radius 2 is 2.00 bits per heavy atom. The van der Waals surface area contributed by atoms with Crippen LogP contribution in [0, 0.1) is 11.3 Å². The summed E-state index contributed by atoms with van der Waals surface area (Å²) in [4.78, 5) is 11.3. The van der Waals surface area contributed by atoms with E-state index in [9.17, 15) is 4.79 Å². The third-order valence-corrected chi connectivity index (χ3v) is 2.52. The summed E-state index contributed by atoms with van der Waals surface area (Å²) in [5.41, 5.74) is 0.0148. The van der Waals surface area contributed by atoms with E-state index in [-0.39, 0.29) is 5.92 Å². The molecule has 1 aliphatic rings. The van der Waals surface area contributed by atoms with Crippen LogP contribution >= 0.6 is 0 Å². The molecule has 102 valence electrons.